The third-order valence-corrected chi connectivity index (χ3v) is 6.83. The highest BCUT2D eigenvalue weighted by Gasteiger charge is 2.38. The number of aryl methyl sites for hydroxylation is 1. The van der Waals surface area contributed by atoms with Crippen molar-refractivity contribution in [1.82, 2.24) is 9.55 Å². The van der Waals surface area contributed by atoms with Gasteiger partial charge in [-0.2, -0.15) is 0 Å². The van der Waals surface area contributed by atoms with Crippen LogP contribution in [0.15, 0.2) is 94.6 Å². The molecule has 0 spiro atoms. The molecule has 8 nitrogen and oxygen atoms in total. The SMILES string of the molecule is COc1ccc(C(OCCC(C)(O)Cn2cc(C)c(=O)[nH]c2=O)(c2ccccc2)c2ccc(OC)cc2)cc1. The van der Waals surface area contributed by atoms with Crippen molar-refractivity contribution >= 4 is 0 Å². The molecule has 0 amide bonds. The normalized spacial score (nSPS) is 13.1. The van der Waals surface area contributed by atoms with E-state index in [1.807, 2.05) is 78.9 Å². The number of aliphatic hydroxyl groups is 1. The van der Waals surface area contributed by atoms with Gasteiger partial charge in [0.15, 0.2) is 0 Å². The number of benzene rings is 3. The first-order chi connectivity index (χ1) is 18.7. The fraction of sp³-hybridized carbons (Fsp3) is 0.290. The number of nitrogens with one attached hydrogen (secondary N) is 1. The van der Waals surface area contributed by atoms with Gasteiger partial charge in [0, 0.05) is 18.2 Å². The van der Waals surface area contributed by atoms with Crippen molar-refractivity contribution in [3.8, 4) is 11.5 Å². The van der Waals surface area contributed by atoms with Gasteiger partial charge in [-0.05, 0) is 54.8 Å². The fourth-order valence-corrected chi connectivity index (χ4v) is 4.68. The molecule has 1 atom stereocenters. The second-order valence-corrected chi connectivity index (χ2v) is 9.80. The second-order valence-electron chi connectivity index (χ2n) is 9.80. The summed E-state index contributed by atoms with van der Waals surface area (Å²) in [5.74, 6) is 1.44. The minimum Gasteiger partial charge on any atom is -0.497 e. The van der Waals surface area contributed by atoms with Crippen molar-refractivity contribution in [2.24, 2.45) is 0 Å². The Morgan fingerprint density at radius 1 is 0.821 bits per heavy atom. The van der Waals surface area contributed by atoms with Crippen molar-refractivity contribution in [2.75, 3.05) is 20.8 Å². The van der Waals surface area contributed by atoms with Crippen molar-refractivity contribution in [2.45, 2.75) is 38.0 Å². The summed E-state index contributed by atoms with van der Waals surface area (Å²) >= 11 is 0. The van der Waals surface area contributed by atoms with E-state index in [0.717, 1.165) is 28.2 Å². The Bertz CT molecular complexity index is 1440. The van der Waals surface area contributed by atoms with Crippen LogP contribution in [-0.2, 0) is 16.9 Å². The summed E-state index contributed by atoms with van der Waals surface area (Å²) in [7, 11) is 3.24. The number of methoxy groups -OCH3 is 2. The van der Waals surface area contributed by atoms with E-state index in [0.29, 0.717) is 5.56 Å². The molecule has 39 heavy (non-hydrogen) atoms. The Kier molecular flexibility index (Phi) is 8.38. The van der Waals surface area contributed by atoms with Gasteiger partial charge in [-0.1, -0.05) is 54.6 Å². The van der Waals surface area contributed by atoms with E-state index >= 15 is 0 Å². The van der Waals surface area contributed by atoms with Crippen molar-refractivity contribution in [1.29, 1.82) is 0 Å². The Morgan fingerprint density at radius 3 is 1.85 bits per heavy atom. The van der Waals surface area contributed by atoms with Gasteiger partial charge in [-0.15, -0.1) is 0 Å². The Balaban J connectivity index is 1.72. The second kappa shape index (κ2) is 11.7. The number of H-pyrrole nitrogens is 1. The molecule has 0 aliphatic heterocycles. The van der Waals surface area contributed by atoms with Gasteiger partial charge in [0.05, 0.1) is 33.0 Å². The number of rotatable bonds is 11. The number of aromatic amines is 1. The first-order valence-electron chi connectivity index (χ1n) is 12.7. The van der Waals surface area contributed by atoms with Gasteiger partial charge in [-0.3, -0.25) is 14.3 Å². The molecule has 0 saturated heterocycles. The monoisotopic (exact) mass is 530 g/mol. The van der Waals surface area contributed by atoms with Gasteiger partial charge >= 0.3 is 5.69 Å². The van der Waals surface area contributed by atoms with Crippen LogP contribution in [0.1, 0.15) is 35.6 Å². The van der Waals surface area contributed by atoms with Gasteiger partial charge in [0.25, 0.3) is 5.56 Å². The fourth-order valence-electron chi connectivity index (χ4n) is 4.68. The first kappa shape index (κ1) is 27.9. The summed E-state index contributed by atoms with van der Waals surface area (Å²) in [6.07, 6.45) is 1.68. The van der Waals surface area contributed by atoms with E-state index in [9.17, 15) is 14.7 Å². The standard InChI is InChI=1S/C31H34N2O6/c1-22-20-33(29(35)32-28(22)34)21-30(2,36)18-19-39-31(23-8-6-5-7-9-23,24-10-14-26(37-3)15-11-24)25-12-16-27(38-4)17-13-25/h5-17,20,36H,18-19,21H2,1-4H3,(H,32,34,35). The third kappa shape index (κ3) is 6.13. The highest BCUT2D eigenvalue weighted by molar-refractivity contribution is 5.49. The molecule has 4 rings (SSSR count). The lowest BCUT2D eigenvalue weighted by atomic mass is 9.80. The van der Waals surface area contributed by atoms with E-state index < -0.39 is 22.5 Å². The third-order valence-electron chi connectivity index (χ3n) is 6.83. The molecular weight excluding hydrogens is 496 g/mol. The number of hydrogen-bond acceptors (Lipinski definition) is 6. The Morgan fingerprint density at radius 2 is 1.33 bits per heavy atom. The number of ether oxygens (including phenoxy) is 3. The first-order valence-corrected chi connectivity index (χ1v) is 12.7. The average Bonchev–Trinajstić information content (AvgIpc) is 2.95. The van der Waals surface area contributed by atoms with Gasteiger partial charge < -0.3 is 19.3 Å². The topological polar surface area (TPSA) is 103 Å². The maximum atomic E-state index is 12.3. The Hall–Kier alpha value is -4.14. The molecule has 1 heterocycles. The van der Waals surface area contributed by atoms with Crippen LogP contribution in [-0.4, -0.2) is 41.1 Å². The van der Waals surface area contributed by atoms with Crippen LogP contribution < -0.4 is 20.7 Å². The van der Waals surface area contributed by atoms with Crippen molar-refractivity contribution < 1.29 is 19.3 Å². The molecule has 0 saturated carbocycles. The molecule has 1 unspecified atom stereocenters. The number of hydrogen-bond donors (Lipinski definition) is 2. The lowest BCUT2D eigenvalue weighted by Crippen LogP contribution is -2.40. The molecule has 1 aromatic heterocycles. The predicted molar refractivity (Wildman–Crippen MR) is 150 cm³/mol. The number of nitrogens with zero attached hydrogens (tertiary/aromatic N) is 1. The zero-order chi connectivity index (χ0) is 28.0. The smallest absolute Gasteiger partial charge is 0.328 e. The van der Waals surface area contributed by atoms with Crippen LogP contribution in [0, 0.1) is 6.92 Å². The number of aromatic nitrogens is 2. The molecule has 2 N–H and O–H groups in total. The molecule has 8 heteroatoms. The van der Waals surface area contributed by atoms with E-state index in [4.69, 9.17) is 14.2 Å². The predicted octanol–water partition coefficient (Wildman–Crippen LogP) is 4.01. The van der Waals surface area contributed by atoms with E-state index in [2.05, 4.69) is 4.98 Å². The van der Waals surface area contributed by atoms with E-state index in [-0.39, 0.29) is 19.6 Å². The molecule has 0 aliphatic carbocycles. The van der Waals surface area contributed by atoms with Gasteiger partial charge in [0.2, 0.25) is 0 Å². The van der Waals surface area contributed by atoms with Crippen LogP contribution in [0.5, 0.6) is 11.5 Å². The van der Waals surface area contributed by atoms with Crippen molar-refractivity contribution in [3.05, 3.63) is 128 Å². The highest BCUT2D eigenvalue weighted by atomic mass is 16.5. The zero-order valence-corrected chi connectivity index (χ0v) is 22.6. The molecule has 4 aromatic rings. The molecule has 0 radical (unpaired) electrons. The Labute approximate surface area is 227 Å². The van der Waals surface area contributed by atoms with Crippen LogP contribution in [0.25, 0.3) is 0 Å². The molecular formula is C31H34N2O6. The van der Waals surface area contributed by atoms with Crippen molar-refractivity contribution in [3.63, 3.8) is 0 Å². The van der Waals surface area contributed by atoms with E-state index in [1.165, 1.54) is 10.8 Å². The maximum absolute atomic E-state index is 12.3. The summed E-state index contributed by atoms with van der Waals surface area (Å²) in [5, 5.41) is 11.2. The summed E-state index contributed by atoms with van der Waals surface area (Å²) in [6, 6.07) is 25.3. The molecule has 0 aliphatic rings. The minimum absolute atomic E-state index is 0.00375. The largest absolute Gasteiger partial charge is 0.497 e. The quantitative estimate of drug-likeness (QED) is 0.284. The van der Waals surface area contributed by atoms with Gasteiger partial charge in [0.1, 0.15) is 17.1 Å². The minimum atomic E-state index is -1.29. The summed E-state index contributed by atoms with van der Waals surface area (Å²) < 4.78 is 18.9. The highest BCUT2D eigenvalue weighted by Crippen LogP contribution is 2.42. The molecule has 204 valence electrons. The van der Waals surface area contributed by atoms with E-state index in [1.54, 1.807) is 28.1 Å². The molecule has 3 aromatic carbocycles. The van der Waals surface area contributed by atoms with Gasteiger partial charge in [-0.25, -0.2) is 4.79 Å². The molecule has 0 bridgehead atoms. The van der Waals surface area contributed by atoms with Crippen LogP contribution in [0.3, 0.4) is 0 Å². The lowest BCUT2D eigenvalue weighted by molar-refractivity contribution is -0.0390. The maximum Gasteiger partial charge on any atom is 0.328 e. The van der Waals surface area contributed by atoms with Crippen LogP contribution in [0.2, 0.25) is 0 Å². The zero-order valence-electron chi connectivity index (χ0n) is 22.6. The lowest BCUT2D eigenvalue weighted by Gasteiger charge is -2.37. The molecule has 0 fully saturated rings. The van der Waals surface area contributed by atoms with Crippen LogP contribution >= 0.6 is 0 Å². The summed E-state index contributed by atoms with van der Waals surface area (Å²) in [5.41, 5.74) is -0.250. The average molecular weight is 531 g/mol. The van der Waals surface area contributed by atoms with Crippen LogP contribution in [0.4, 0.5) is 0 Å². The summed E-state index contributed by atoms with van der Waals surface area (Å²) in [6.45, 7) is 3.42. The summed E-state index contributed by atoms with van der Waals surface area (Å²) in [4.78, 5) is 26.3.